The fourth-order valence-corrected chi connectivity index (χ4v) is 7.15. The molecule has 5 rings (SSSR count). The van der Waals surface area contributed by atoms with Crippen molar-refractivity contribution in [1.82, 2.24) is 0 Å². The summed E-state index contributed by atoms with van der Waals surface area (Å²) in [5.74, 6) is -0.989. The van der Waals surface area contributed by atoms with Gasteiger partial charge in [0.2, 0.25) is 0 Å². The predicted molar refractivity (Wildman–Crippen MR) is 139 cm³/mol. The number of hydrogen-bond acceptors (Lipinski definition) is 16. The van der Waals surface area contributed by atoms with Crippen LogP contribution in [0.15, 0.2) is 0 Å². The second-order valence-electron chi connectivity index (χ2n) is 12.8. The molecule has 16 heteroatoms. The largest absolute Gasteiger partial charge is 0.393 e. The van der Waals surface area contributed by atoms with Gasteiger partial charge in [-0.2, -0.15) is 0 Å². The summed E-state index contributed by atoms with van der Waals surface area (Å²) in [6, 6.07) is 0. The molecule has 3 saturated heterocycles. The molecule has 2 saturated carbocycles. The molecule has 250 valence electrons. The number of aliphatic hydroxyl groups excluding tert-OH is 11. The number of rotatable bonds is 6. The van der Waals surface area contributed by atoms with Crippen molar-refractivity contribution in [2.24, 2.45) is 11.8 Å². The van der Waals surface area contributed by atoms with Crippen molar-refractivity contribution in [2.45, 2.75) is 149 Å². The van der Waals surface area contributed by atoms with Gasteiger partial charge in [0.05, 0.1) is 55.4 Å². The fraction of sp³-hybridized carbons (Fsp3) is 1.00. The van der Waals surface area contributed by atoms with E-state index in [4.69, 9.17) is 23.7 Å². The molecule has 2 aliphatic carbocycles. The van der Waals surface area contributed by atoms with Crippen LogP contribution < -0.4 is 0 Å². The zero-order valence-electron chi connectivity index (χ0n) is 23.8. The van der Waals surface area contributed by atoms with Gasteiger partial charge in [-0.15, -0.1) is 0 Å². The van der Waals surface area contributed by atoms with Crippen LogP contribution in [0.2, 0.25) is 0 Å². The normalized spacial score (nSPS) is 56.4. The summed E-state index contributed by atoms with van der Waals surface area (Å²) in [4.78, 5) is 0. The number of ether oxygens (including phenoxy) is 5. The molecule has 43 heavy (non-hydrogen) atoms. The molecule has 0 radical (unpaired) electrons. The minimum atomic E-state index is -1.75. The summed E-state index contributed by atoms with van der Waals surface area (Å²) in [5, 5.41) is 114. The molecule has 0 aromatic carbocycles. The van der Waals surface area contributed by atoms with Crippen LogP contribution in [0.5, 0.6) is 0 Å². The van der Waals surface area contributed by atoms with Gasteiger partial charge in [0.25, 0.3) is 0 Å². The summed E-state index contributed by atoms with van der Waals surface area (Å²) in [7, 11) is 0. The van der Waals surface area contributed by atoms with Crippen LogP contribution in [0.25, 0.3) is 0 Å². The highest BCUT2D eigenvalue weighted by molar-refractivity contribution is 5.00. The quantitative estimate of drug-likeness (QED) is 0.132. The van der Waals surface area contributed by atoms with Crippen molar-refractivity contribution < 1.29 is 79.9 Å². The Balaban J connectivity index is 1.30. The monoisotopic (exact) mass is 626 g/mol. The van der Waals surface area contributed by atoms with E-state index in [1.165, 1.54) is 6.92 Å². The Hall–Kier alpha value is -0.640. The molecule has 0 bridgehead atoms. The molecule has 0 spiro atoms. The van der Waals surface area contributed by atoms with Crippen molar-refractivity contribution in [3.8, 4) is 0 Å². The van der Waals surface area contributed by atoms with Crippen LogP contribution in [0.1, 0.15) is 39.0 Å². The van der Waals surface area contributed by atoms with Crippen molar-refractivity contribution in [2.75, 3.05) is 6.61 Å². The van der Waals surface area contributed by atoms with Crippen LogP contribution >= 0.6 is 0 Å². The Morgan fingerprint density at radius 1 is 0.581 bits per heavy atom. The number of fused-ring (bicyclic) bond motifs is 1. The van der Waals surface area contributed by atoms with Gasteiger partial charge in [0.15, 0.2) is 12.6 Å². The van der Waals surface area contributed by atoms with Crippen molar-refractivity contribution >= 4 is 0 Å². The summed E-state index contributed by atoms with van der Waals surface area (Å²) in [5.41, 5.74) is 0. The predicted octanol–water partition coefficient (Wildman–Crippen LogP) is -5.19. The van der Waals surface area contributed by atoms with E-state index >= 15 is 0 Å². The van der Waals surface area contributed by atoms with Gasteiger partial charge in [-0.3, -0.25) is 0 Å². The van der Waals surface area contributed by atoms with Crippen LogP contribution in [0.3, 0.4) is 0 Å². The van der Waals surface area contributed by atoms with Gasteiger partial charge >= 0.3 is 0 Å². The molecule has 8 unspecified atom stereocenters. The molecule has 3 aliphatic heterocycles. The van der Waals surface area contributed by atoms with Crippen LogP contribution in [-0.2, 0) is 23.7 Å². The maximum absolute atomic E-state index is 10.8. The second-order valence-corrected chi connectivity index (χ2v) is 12.8. The van der Waals surface area contributed by atoms with E-state index in [9.17, 15) is 56.2 Å². The zero-order valence-corrected chi connectivity index (χ0v) is 23.8. The highest BCUT2D eigenvalue weighted by Crippen LogP contribution is 2.43. The molecule has 11 N–H and O–H groups in total. The van der Waals surface area contributed by atoms with Gasteiger partial charge in [-0.05, 0) is 44.9 Å². The lowest BCUT2D eigenvalue weighted by Gasteiger charge is -2.51. The first-order chi connectivity index (χ1) is 20.3. The summed E-state index contributed by atoms with van der Waals surface area (Å²) >= 11 is 0. The first-order valence-electron chi connectivity index (χ1n) is 15.0. The highest BCUT2D eigenvalue weighted by Gasteiger charge is 2.53. The third-order valence-corrected chi connectivity index (χ3v) is 9.74. The average Bonchev–Trinajstić information content (AvgIpc) is 2.96. The molecule has 16 nitrogen and oxygen atoms in total. The van der Waals surface area contributed by atoms with Crippen molar-refractivity contribution in [1.29, 1.82) is 0 Å². The third kappa shape index (κ3) is 6.90. The van der Waals surface area contributed by atoms with Gasteiger partial charge in [0.1, 0.15) is 48.8 Å². The lowest BCUT2D eigenvalue weighted by Crippen LogP contribution is -2.63. The van der Waals surface area contributed by atoms with Crippen LogP contribution in [-0.4, -0.2) is 173 Å². The van der Waals surface area contributed by atoms with E-state index in [1.54, 1.807) is 0 Å². The van der Waals surface area contributed by atoms with Crippen LogP contribution in [0.4, 0.5) is 0 Å². The minimum absolute atomic E-state index is 0.0554. The maximum atomic E-state index is 10.8. The topological polar surface area (TPSA) is 269 Å². The minimum Gasteiger partial charge on any atom is -0.393 e. The van der Waals surface area contributed by atoms with Crippen molar-refractivity contribution in [3.63, 3.8) is 0 Å². The zero-order chi connectivity index (χ0) is 31.3. The van der Waals surface area contributed by atoms with E-state index in [0.29, 0.717) is 0 Å². The Kier molecular flexibility index (Phi) is 10.7. The van der Waals surface area contributed by atoms with Gasteiger partial charge < -0.3 is 79.9 Å². The number of hydrogen-bond donors (Lipinski definition) is 11. The summed E-state index contributed by atoms with van der Waals surface area (Å²) in [6.07, 6.45) is -22.0. The Morgan fingerprint density at radius 2 is 1.21 bits per heavy atom. The lowest BCUT2D eigenvalue weighted by atomic mass is 9.72. The first kappa shape index (κ1) is 33.7. The summed E-state index contributed by atoms with van der Waals surface area (Å²) in [6.45, 7) is 0.987. The molecular formula is C27H46O16. The Labute approximate surface area is 248 Å². The molecule has 18 atom stereocenters. The third-order valence-electron chi connectivity index (χ3n) is 9.74. The molecule has 0 aromatic heterocycles. The highest BCUT2D eigenvalue weighted by atomic mass is 16.7. The van der Waals surface area contributed by atoms with Gasteiger partial charge in [0, 0.05) is 5.92 Å². The number of aliphatic hydroxyl groups is 11. The SMILES string of the molecule is C[C@H]1O[C@H](OC[C@H]2O[C@@H](OC3CC4C(O)CC(O)CC4OC3C3CC(O)C(O)C(O)C3)[C@H](O)[C@@H](O)[C@@H]2O)[C@@H](O)[C@@H](O)[C@@H]1O. The van der Waals surface area contributed by atoms with Gasteiger partial charge in [-0.25, -0.2) is 0 Å². The van der Waals surface area contributed by atoms with E-state index in [0.717, 1.165) is 0 Å². The van der Waals surface area contributed by atoms with Gasteiger partial charge in [-0.1, -0.05) is 0 Å². The molecule has 0 aromatic rings. The molecular weight excluding hydrogens is 580 g/mol. The smallest absolute Gasteiger partial charge is 0.187 e. The lowest BCUT2D eigenvalue weighted by molar-refractivity contribution is -0.346. The Morgan fingerprint density at radius 3 is 1.88 bits per heavy atom. The summed E-state index contributed by atoms with van der Waals surface area (Å²) < 4.78 is 29.2. The van der Waals surface area contributed by atoms with Crippen molar-refractivity contribution in [3.05, 3.63) is 0 Å². The van der Waals surface area contributed by atoms with E-state index in [1.807, 2.05) is 0 Å². The standard InChI is InChI=1S/C27H46O16/c1-8-18(32)21(35)23(37)26(40-8)39-7-17-20(34)22(36)24(38)27(43-17)42-16-6-11-12(29)4-10(28)5-15(11)41-25(16)9-2-13(30)19(33)14(31)3-9/h8-38H,2-7H2,1H3/t8-,9?,10?,11?,12?,13?,14?,15?,16?,17-,18-,19?,20-,21+,22+,23+,24-,25?,26+,27-/m1/s1. The fourth-order valence-electron chi connectivity index (χ4n) is 7.15. The van der Waals surface area contributed by atoms with Crippen LogP contribution in [0, 0.1) is 11.8 Å². The van der Waals surface area contributed by atoms with E-state index in [-0.39, 0.29) is 32.1 Å². The molecule has 5 aliphatic rings. The average molecular weight is 627 g/mol. The van der Waals surface area contributed by atoms with E-state index < -0.39 is 129 Å². The first-order valence-corrected chi connectivity index (χ1v) is 15.0. The Bertz CT molecular complexity index is 902. The molecule has 5 fully saturated rings. The maximum Gasteiger partial charge on any atom is 0.187 e. The van der Waals surface area contributed by atoms with E-state index in [2.05, 4.69) is 0 Å². The molecule has 0 amide bonds. The molecule has 3 heterocycles. The second kappa shape index (κ2) is 13.6.